The first-order valence-electron chi connectivity index (χ1n) is 15.2. The molecular weight excluding hydrogens is 619 g/mol. The van der Waals surface area contributed by atoms with E-state index in [-0.39, 0.29) is 47.5 Å². The highest BCUT2D eigenvalue weighted by molar-refractivity contribution is 6.25. The summed E-state index contributed by atoms with van der Waals surface area (Å²) in [5.74, 6) is -0.154. The minimum atomic E-state index is -1.03. The molecule has 0 saturated carbocycles. The zero-order valence-corrected chi connectivity index (χ0v) is 26.0. The van der Waals surface area contributed by atoms with E-state index in [0.29, 0.717) is 41.0 Å². The molecule has 13 nitrogen and oxygen atoms in total. The van der Waals surface area contributed by atoms with Gasteiger partial charge in [0.05, 0.1) is 28.8 Å². The number of para-hydroxylation sites is 1. The SMILES string of the molecule is Cc1cc2cc(C(=O)c3cnn(-c4ccc(Oc5ccccc5F)cc4C)c3N)[nH]c2cc1N1C(=N)C2(CCN(C(=O)O)CC2)NC1=O. The fourth-order valence-electron chi connectivity index (χ4n) is 6.41. The number of hydrogen-bond donors (Lipinski definition) is 5. The van der Waals surface area contributed by atoms with Crippen molar-refractivity contribution in [1.29, 1.82) is 5.41 Å². The van der Waals surface area contributed by atoms with Crippen molar-refractivity contribution in [1.82, 2.24) is 25.0 Å². The van der Waals surface area contributed by atoms with Gasteiger partial charge in [0.15, 0.2) is 11.6 Å². The summed E-state index contributed by atoms with van der Waals surface area (Å²) < 4.78 is 21.2. The number of halogens is 1. The second kappa shape index (κ2) is 11.3. The molecule has 4 heterocycles. The minimum absolute atomic E-state index is 0.0603. The van der Waals surface area contributed by atoms with Crippen LogP contribution >= 0.6 is 0 Å². The summed E-state index contributed by atoms with van der Waals surface area (Å²) in [6.45, 7) is 4.06. The van der Waals surface area contributed by atoms with E-state index < -0.39 is 23.5 Å². The maximum absolute atomic E-state index is 14.1. The number of likely N-dealkylation sites (tertiary alicyclic amines) is 1. The van der Waals surface area contributed by atoms with Crippen LogP contribution in [0.1, 0.15) is 40.0 Å². The number of piperidine rings is 1. The van der Waals surface area contributed by atoms with Crippen LogP contribution in [0.4, 0.5) is 25.5 Å². The van der Waals surface area contributed by atoms with Crippen LogP contribution in [0.15, 0.2) is 66.9 Å². The van der Waals surface area contributed by atoms with E-state index in [2.05, 4.69) is 15.4 Å². The minimum Gasteiger partial charge on any atom is -0.465 e. The molecule has 0 radical (unpaired) electrons. The van der Waals surface area contributed by atoms with Gasteiger partial charge < -0.3 is 30.8 Å². The molecule has 1 spiro atoms. The zero-order valence-electron chi connectivity index (χ0n) is 26.0. The number of aromatic amines is 1. The molecule has 3 amide bonds. The number of hydrogen-bond acceptors (Lipinski definition) is 7. The number of carbonyl (C=O) groups is 3. The van der Waals surface area contributed by atoms with Gasteiger partial charge in [-0.3, -0.25) is 10.2 Å². The lowest BCUT2D eigenvalue weighted by Gasteiger charge is -2.37. The Labute approximate surface area is 273 Å². The molecule has 14 heteroatoms. The highest BCUT2D eigenvalue weighted by Crippen LogP contribution is 2.36. The fourth-order valence-corrected chi connectivity index (χ4v) is 6.41. The second-order valence-corrected chi connectivity index (χ2v) is 12.0. The first-order chi connectivity index (χ1) is 23.0. The van der Waals surface area contributed by atoms with Gasteiger partial charge in [-0.25, -0.2) is 23.6 Å². The number of benzene rings is 3. The molecule has 0 unspecified atom stereocenters. The van der Waals surface area contributed by atoms with Crippen molar-refractivity contribution < 1.29 is 28.6 Å². The number of aromatic nitrogens is 3. The Morgan fingerprint density at radius 3 is 2.48 bits per heavy atom. The van der Waals surface area contributed by atoms with Gasteiger partial charge in [-0.15, -0.1) is 0 Å². The highest BCUT2D eigenvalue weighted by Gasteiger charge is 2.51. The van der Waals surface area contributed by atoms with Crippen molar-refractivity contribution in [2.45, 2.75) is 32.2 Å². The Morgan fingerprint density at radius 1 is 1.04 bits per heavy atom. The zero-order chi connectivity index (χ0) is 33.9. The summed E-state index contributed by atoms with van der Waals surface area (Å²) in [4.78, 5) is 44.0. The fraction of sp³-hybridized carbons (Fsp3) is 0.206. The number of rotatable bonds is 6. The number of nitrogens with two attached hydrogens (primary N) is 1. The topological polar surface area (TPSA) is 183 Å². The Balaban J connectivity index is 1.13. The van der Waals surface area contributed by atoms with Crippen LogP contribution in [0.25, 0.3) is 16.6 Å². The first kappa shape index (κ1) is 30.5. The first-order valence-corrected chi connectivity index (χ1v) is 15.2. The number of carbonyl (C=O) groups excluding carboxylic acids is 2. The Kier molecular flexibility index (Phi) is 7.15. The molecule has 48 heavy (non-hydrogen) atoms. The van der Waals surface area contributed by atoms with Gasteiger partial charge in [0, 0.05) is 24.0 Å². The average molecular weight is 651 g/mol. The molecule has 2 saturated heterocycles. The number of carboxylic acid groups (broad SMARTS) is 1. The number of amidine groups is 1. The summed E-state index contributed by atoms with van der Waals surface area (Å²) >= 11 is 0. The third-order valence-corrected chi connectivity index (χ3v) is 9.05. The number of nitrogens with zero attached hydrogens (tertiary/aromatic N) is 4. The van der Waals surface area contributed by atoms with E-state index in [9.17, 15) is 23.9 Å². The molecule has 0 atom stereocenters. The molecule has 5 aromatic rings. The van der Waals surface area contributed by atoms with Crippen LogP contribution in [0.5, 0.6) is 11.5 Å². The number of anilines is 2. The van der Waals surface area contributed by atoms with Crippen molar-refractivity contribution in [2.24, 2.45) is 0 Å². The molecule has 244 valence electrons. The molecule has 3 aromatic carbocycles. The molecule has 6 N–H and O–H groups in total. The Morgan fingerprint density at radius 2 is 1.77 bits per heavy atom. The van der Waals surface area contributed by atoms with Crippen LogP contribution in [0.2, 0.25) is 0 Å². The van der Waals surface area contributed by atoms with E-state index >= 15 is 0 Å². The molecular formula is C34H31FN8O5. The van der Waals surface area contributed by atoms with Gasteiger partial charge in [-0.05, 0) is 86.3 Å². The van der Waals surface area contributed by atoms with Gasteiger partial charge in [0.1, 0.15) is 22.9 Å². The van der Waals surface area contributed by atoms with E-state index in [0.717, 1.165) is 10.9 Å². The van der Waals surface area contributed by atoms with Gasteiger partial charge >= 0.3 is 12.1 Å². The third kappa shape index (κ3) is 4.98. The van der Waals surface area contributed by atoms with Crippen LogP contribution in [-0.2, 0) is 0 Å². The Bertz CT molecular complexity index is 2160. The van der Waals surface area contributed by atoms with Crippen molar-refractivity contribution in [3.05, 3.63) is 95.1 Å². The lowest BCUT2D eigenvalue weighted by molar-refractivity contribution is 0.103. The standard InChI is InChI=1S/C34H31FN8O5/c1-18-13-20-15-25(39-24(20)16-27(18)42-31(37)34(40-32(42)45)9-11-41(12-10-34)33(46)47)29(44)22-17-38-43(30(22)36)26-8-7-21(14-19(26)2)48-28-6-4-3-5-23(28)35/h3-8,13-17,37,39H,9-12,36H2,1-2H3,(H,40,45)(H,46,47). The Hall–Kier alpha value is -6.18. The van der Waals surface area contributed by atoms with E-state index in [1.807, 2.05) is 19.9 Å². The van der Waals surface area contributed by atoms with Crippen molar-refractivity contribution >= 4 is 46.2 Å². The number of amides is 3. The van der Waals surface area contributed by atoms with Gasteiger partial charge in [0.25, 0.3) is 0 Å². The predicted molar refractivity (Wildman–Crippen MR) is 176 cm³/mol. The van der Waals surface area contributed by atoms with Crippen LogP contribution in [-0.4, -0.2) is 67.1 Å². The van der Waals surface area contributed by atoms with E-state index in [1.54, 1.807) is 42.5 Å². The molecule has 0 aliphatic carbocycles. The lowest BCUT2D eigenvalue weighted by atomic mass is 9.87. The van der Waals surface area contributed by atoms with Crippen LogP contribution in [0, 0.1) is 25.1 Å². The van der Waals surface area contributed by atoms with Crippen LogP contribution < -0.4 is 20.7 Å². The number of ketones is 1. The summed E-state index contributed by atoms with van der Waals surface area (Å²) in [7, 11) is 0. The highest BCUT2D eigenvalue weighted by atomic mass is 19.1. The molecule has 0 bridgehead atoms. The quantitative estimate of drug-likeness (QED) is 0.145. The van der Waals surface area contributed by atoms with E-state index in [1.165, 1.54) is 32.8 Å². The maximum Gasteiger partial charge on any atom is 0.407 e. The number of H-pyrrole nitrogens is 1. The smallest absolute Gasteiger partial charge is 0.407 e. The number of fused-ring (bicyclic) bond motifs is 1. The molecule has 2 aliphatic rings. The monoisotopic (exact) mass is 650 g/mol. The second-order valence-electron chi connectivity index (χ2n) is 12.0. The largest absolute Gasteiger partial charge is 0.465 e. The van der Waals surface area contributed by atoms with Gasteiger partial charge in [-0.2, -0.15) is 5.10 Å². The number of urea groups is 1. The molecule has 2 fully saturated rings. The summed E-state index contributed by atoms with van der Waals surface area (Å²) in [5.41, 5.74) is 9.05. The molecule has 7 rings (SSSR count). The van der Waals surface area contributed by atoms with Crippen LogP contribution in [0.3, 0.4) is 0 Å². The summed E-state index contributed by atoms with van der Waals surface area (Å²) in [6.07, 6.45) is 0.961. The van der Waals surface area contributed by atoms with Gasteiger partial charge in [-0.1, -0.05) is 12.1 Å². The van der Waals surface area contributed by atoms with Crippen molar-refractivity contribution in [3.63, 3.8) is 0 Å². The average Bonchev–Trinajstić information content (AvgIpc) is 3.71. The molecule has 2 aliphatic heterocycles. The number of aryl methyl sites for hydroxylation is 2. The normalized spacial score (nSPS) is 15.7. The number of ether oxygens (including phenoxy) is 1. The van der Waals surface area contributed by atoms with E-state index in [4.69, 9.17) is 15.9 Å². The number of nitrogen functional groups attached to an aromatic ring is 1. The van der Waals surface area contributed by atoms with Gasteiger partial charge in [0.2, 0.25) is 5.78 Å². The molecule has 2 aromatic heterocycles. The lowest BCUT2D eigenvalue weighted by Crippen LogP contribution is -2.55. The van der Waals surface area contributed by atoms with Crippen molar-refractivity contribution in [2.75, 3.05) is 23.7 Å². The maximum atomic E-state index is 14.1. The summed E-state index contributed by atoms with van der Waals surface area (Å²) in [5, 5.41) is 26.3. The predicted octanol–water partition coefficient (Wildman–Crippen LogP) is 5.73. The number of nitrogens with one attached hydrogen (secondary N) is 3. The van der Waals surface area contributed by atoms with Crippen molar-refractivity contribution in [3.8, 4) is 17.2 Å². The summed E-state index contributed by atoms with van der Waals surface area (Å²) in [6, 6.07) is 16.0. The third-order valence-electron chi connectivity index (χ3n) is 9.05.